The smallest absolute Gasteiger partial charge is 0.264 e. The standard InChI is InChI=1S/C15H14INO2S/c1-10-12-5-3-4-6-14(12)17(2)20(18,19)15-9-11(16)7-8-13(10)15/h3-10H,1-2H3. The van der Waals surface area contributed by atoms with Crippen molar-refractivity contribution in [3.8, 4) is 0 Å². The molecule has 2 aromatic rings. The first-order chi connectivity index (χ1) is 9.43. The molecule has 0 amide bonds. The molecule has 1 heterocycles. The summed E-state index contributed by atoms with van der Waals surface area (Å²) in [5.41, 5.74) is 2.66. The number of para-hydroxylation sites is 1. The maximum absolute atomic E-state index is 12.8. The molecule has 0 N–H and O–H groups in total. The second-order valence-corrected chi connectivity index (χ2v) is 8.12. The molecule has 0 saturated heterocycles. The number of nitrogens with zero attached hydrogens (tertiary/aromatic N) is 1. The summed E-state index contributed by atoms with van der Waals surface area (Å²) in [5, 5.41) is 0. The second kappa shape index (κ2) is 4.73. The summed E-state index contributed by atoms with van der Waals surface area (Å²) in [5.74, 6) is 0.0536. The van der Waals surface area contributed by atoms with Crippen molar-refractivity contribution in [3.63, 3.8) is 0 Å². The maximum Gasteiger partial charge on any atom is 0.264 e. The molecule has 1 unspecified atom stereocenters. The van der Waals surface area contributed by atoms with Crippen LogP contribution in [0.3, 0.4) is 0 Å². The number of anilines is 1. The molecule has 3 nitrogen and oxygen atoms in total. The van der Waals surface area contributed by atoms with E-state index in [0.717, 1.165) is 20.4 Å². The summed E-state index contributed by atoms with van der Waals surface area (Å²) in [6.45, 7) is 2.05. The summed E-state index contributed by atoms with van der Waals surface area (Å²) in [4.78, 5) is 0.413. The van der Waals surface area contributed by atoms with Gasteiger partial charge in [0.15, 0.2) is 0 Å². The average Bonchev–Trinajstić information content (AvgIpc) is 2.50. The van der Waals surface area contributed by atoms with E-state index in [4.69, 9.17) is 0 Å². The van der Waals surface area contributed by atoms with E-state index in [1.807, 2.05) is 36.4 Å². The predicted octanol–water partition coefficient (Wildman–Crippen LogP) is 3.58. The van der Waals surface area contributed by atoms with Crippen molar-refractivity contribution < 1.29 is 8.42 Å². The minimum absolute atomic E-state index is 0.0536. The molecule has 0 radical (unpaired) electrons. The summed E-state index contributed by atoms with van der Waals surface area (Å²) in [6, 6.07) is 13.3. The van der Waals surface area contributed by atoms with Crippen LogP contribution in [0.4, 0.5) is 5.69 Å². The lowest BCUT2D eigenvalue weighted by atomic mass is 9.92. The highest BCUT2D eigenvalue weighted by atomic mass is 127. The van der Waals surface area contributed by atoms with Crippen molar-refractivity contribution in [2.75, 3.05) is 11.4 Å². The average molecular weight is 399 g/mol. The molecule has 5 heteroatoms. The van der Waals surface area contributed by atoms with Gasteiger partial charge in [-0.3, -0.25) is 4.31 Å². The van der Waals surface area contributed by atoms with Gasteiger partial charge in [0.2, 0.25) is 0 Å². The molecule has 3 rings (SSSR count). The van der Waals surface area contributed by atoms with Gasteiger partial charge in [0, 0.05) is 16.5 Å². The van der Waals surface area contributed by atoms with Gasteiger partial charge in [0.1, 0.15) is 0 Å². The van der Waals surface area contributed by atoms with E-state index in [-0.39, 0.29) is 5.92 Å². The van der Waals surface area contributed by atoms with Crippen LogP contribution in [-0.2, 0) is 10.0 Å². The molecule has 104 valence electrons. The molecule has 20 heavy (non-hydrogen) atoms. The van der Waals surface area contributed by atoms with Crippen LogP contribution in [0.25, 0.3) is 0 Å². The number of hydrogen-bond donors (Lipinski definition) is 0. The lowest BCUT2D eigenvalue weighted by molar-refractivity contribution is 0.593. The number of halogens is 1. The fraction of sp³-hybridized carbons (Fsp3) is 0.200. The van der Waals surface area contributed by atoms with Gasteiger partial charge in [-0.1, -0.05) is 31.2 Å². The van der Waals surface area contributed by atoms with Gasteiger partial charge in [-0.05, 0) is 51.9 Å². The molecule has 1 atom stereocenters. The van der Waals surface area contributed by atoms with Crippen LogP contribution >= 0.6 is 22.6 Å². The topological polar surface area (TPSA) is 37.4 Å². The molecule has 1 aliphatic heterocycles. The lowest BCUT2D eigenvalue weighted by Gasteiger charge is -2.19. The Labute approximate surface area is 132 Å². The summed E-state index contributed by atoms with van der Waals surface area (Å²) in [6.07, 6.45) is 0. The monoisotopic (exact) mass is 399 g/mol. The number of fused-ring (bicyclic) bond motifs is 2. The Bertz CT molecular complexity index is 786. The van der Waals surface area contributed by atoms with Gasteiger partial charge in [-0.2, -0.15) is 0 Å². The minimum atomic E-state index is -3.50. The van der Waals surface area contributed by atoms with E-state index >= 15 is 0 Å². The molecule has 0 spiro atoms. The van der Waals surface area contributed by atoms with Crippen LogP contribution in [0.1, 0.15) is 24.0 Å². The fourth-order valence-electron chi connectivity index (χ4n) is 2.67. The fourth-order valence-corrected chi connectivity index (χ4v) is 4.92. The Hall–Kier alpha value is -1.08. The van der Waals surface area contributed by atoms with Crippen LogP contribution in [-0.4, -0.2) is 15.5 Å². The number of sulfonamides is 1. The third kappa shape index (κ3) is 1.95. The second-order valence-electron chi connectivity index (χ2n) is 4.94. The van der Waals surface area contributed by atoms with Crippen LogP contribution in [0.15, 0.2) is 47.4 Å². The zero-order valence-corrected chi connectivity index (χ0v) is 14.1. The first-order valence-corrected chi connectivity index (χ1v) is 8.82. The van der Waals surface area contributed by atoms with Gasteiger partial charge >= 0.3 is 0 Å². The highest BCUT2D eigenvalue weighted by Crippen LogP contribution is 2.41. The van der Waals surface area contributed by atoms with Crippen molar-refractivity contribution in [1.29, 1.82) is 0 Å². The van der Waals surface area contributed by atoms with Gasteiger partial charge in [0.25, 0.3) is 10.0 Å². The molecular weight excluding hydrogens is 385 g/mol. The van der Waals surface area contributed by atoms with E-state index in [1.54, 1.807) is 13.1 Å². The van der Waals surface area contributed by atoms with Crippen molar-refractivity contribution in [1.82, 2.24) is 0 Å². The van der Waals surface area contributed by atoms with Crippen molar-refractivity contribution in [3.05, 3.63) is 57.2 Å². The van der Waals surface area contributed by atoms with Crippen molar-refractivity contribution in [2.24, 2.45) is 0 Å². The van der Waals surface area contributed by atoms with Gasteiger partial charge in [-0.25, -0.2) is 8.42 Å². The number of hydrogen-bond acceptors (Lipinski definition) is 2. The van der Waals surface area contributed by atoms with E-state index in [9.17, 15) is 8.42 Å². The van der Waals surface area contributed by atoms with Gasteiger partial charge in [-0.15, -0.1) is 0 Å². The molecule has 0 aromatic heterocycles. The van der Waals surface area contributed by atoms with E-state index in [2.05, 4.69) is 29.5 Å². The Morgan fingerprint density at radius 1 is 1.10 bits per heavy atom. The lowest BCUT2D eigenvalue weighted by Crippen LogP contribution is -2.26. The number of benzene rings is 2. The predicted molar refractivity (Wildman–Crippen MR) is 88.7 cm³/mol. The summed E-state index contributed by atoms with van der Waals surface area (Å²) < 4.78 is 27.9. The largest absolute Gasteiger partial charge is 0.269 e. The molecule has 0 fully saturated rings. The zero-order valence-electron chi connectivity index (χ0n) is 11.2. The maximum atomic E-state index is 12.8. The van der Waals surface area contributed by atoms with Crippen LogP contribution in [0.2, 0.25) is 0 Å². The summed E-state index contributed by atoms with van der Waals surface area (Å²) in [7, 11) is -1.88. The quantitative estimate of drug-likeness (QED) is 0.636. The highest BCUT2D eigenvalue weighted by Gasteiger charge is 2.32. The molecule has 0 aliphatic carbocycles. The van der Waals surface area contributed by atoms with Gasteiger partial charge < -0.3 is 0 Å². The SMILES string of the molecule is CC1c2ccccc2N(C)S(=O)(=O)c2cc(I)ccc21. The first-order valence-electron chi connectivity index (χ1n) is 6.30. The first kappa shape index (κ1) is 13.9. The van der Waals surface area contributed by atoms with Crippen LogP contribution in [0.5, 0.6) is 0 Å². The number of rotatable bonds is 0. The molecule has 0 saturated carbocycles. The Morgan fingerprint density at radius 3 is 2.55 bits per heavy atom. The normalized spacial score (nSPS) is 19.9. The molecule has 0 bridgehead atoms. The molecule has 1 aliphatic rings. The van der Waals surface area contributed by atoms with Crippen molar-refractivity contribution in [2.45, 2.75) is 17.7 Å². The van der Waals surface area contributed by atoms with E-state index < -0.39 is 10.0 Å². The highest BCUT2D eigenvalue weighted by molar-refractivity contribution is 14.1. The Morgan fingerprint density at radius 2 is 1.80 bits per heavy atom. The van der Waals surface area contributed by atoms with Crippen LogP contribution < -0.4 is 4.31 Å². The molecular formula is C15H14INO2S. The van der Waals surface area contributed by atoms with E-state index in [0.29, 0.717) is 4.90 Å². The summed E-state index contributed by atoms with van der Waals surface area (Å²) >= 11 is 2.15. The van der Waals surface area contributed by atoms with E-state index in [1.165, 1.54) is 4.31 Å². The van der Waals surface area contributed by atoms with Crippen LogP contribution in [0, 0.1) is 3.57 Å². The zero-order chi connectivity index (χ0) is 14.5. The Kier molecular flexibility index (Phi) is 3.29. The van der Waals surface area contributed by atoms with Crippen molar-refractivity contribution >= 4 is 38.3 Å². The third-order valence-electron chi connectivity index (χ3n) is 3.82. The minimum Gasteiger partial charge on any atom is -0.269 e. The third-order valence-corrected chi connectivity index (χ3v) is 6.32. The van der Waals surface area contributed by atoms with Gasteiger partial charge in [0.05, 0.1) is 10.6 Å². The Balaban J connectivity index is 2.41. The molecule has 2 aromatic carbocycles.